The Bertz CT molecular complexity index is 975. The van der Waals surface area contributed by atoms with E-state index in [-0.39, 0.29) is 18.6 Å². The van der Waals surface area contributed by atoms with Gasteiger partial charge >= 0.3 is 5.97 Å². The van der Waals surface area contributed by atoms with Gasteiger partial charge in [-0.3, -0.25) is 4.79 Å². The van der Waals surface area contributed by atoms with E-state index in [0.717, 1.165) is 43.7 Å². The monoisotopic (exact) mass is 460 g/mol. The summed E-state index contributed by atoms with van der Waals surface area (Å²) in [4.78, 5) is 24.9. The summed E-state index contributed by atoms with van der Waals surface area (Å²) in [5.74, 6) is -1.42. The predicted octanol–water partition coefficient (Wildman–Crippen LogP) is 3.84. The molecule has 0 fully saturated rings. The maximum atomic E-state index is 12.8. The van der Waals surface area contributed by atoms with E-state index in [1.54, 1.807) is 0 Å². The first kappa shape index (κ1) is 25.5. The zero-order chi connectivity index (χ0) is 23.4. The van der Waals surface area contributed by atoms with Crippen LogP contribution in [0.4, 0.5) is 0 Å². The van der Waals surface area contributed by atoms with Gasteiger partial charge in [-0.15, -0.1) is 0 Å². The Hall–Kier alpha value is -2.71. The summed E-state index contributed by atoms with van der Waals surface area (Å²) in [5.41, 5.74) is 0.503. The van der Waals surface area contributed by atoms with Crippen LogP contribution in [-0.4, -0.2) is 37.5 Å². The first-order chi connectivity index (χ1) is 15.3. The van der Waals surface area contributed by atoms with E-state index >= 15 is 0 Å². The molecular weight excluding hydrogens is 430 g/mol. The summed E-state index contributed by atoms with van der Waals surface area (Å²) in [6.07, 6.45) is 6.44. The normalized spacial score (nSPS) is 12.2. The van der Waals surface area contributed by atoms with E-state index in [4.69, 9.17) is 4.74 Å². The maximum absolute atomic E-state index is 12.8. The summed E-state index contributed by atoms with van der Waals surface area (Å²) >= 11 is 0. The first-order valence-electron chi connectivity index (χ1n) is 10.9. The average Bonchev–Trinajstić information content (AvgIpc) is 2.78. The summed E-state index contributed by atoms with van der Waals surface area (Å²) in [6.45, 7) is 2.39. The van der Waals surface area contributed by atoms with Crippen LogP contribution in [0.5, 0.6) is 0 Å². The molecule has 1 atom stereocenters. The molecule has 2 aromatic rings. The number of carbonyl (C=O) groups is 2. The molecule has 0 spiro atoms. The molecule has 0 saturated heterocycles. The Morgan fingerprint density at radius 2 is 1.56 bits per heavy atom. The molecule has 0 aromatic heterocycles. The topological polar surface area (TPSA) is 113 Å². The van der Waals surface area contributed by atoms with Crippen LogP contribution in [0.3, 0.4) is 0 Å². The molecule has 2 aromatic carbocycles. The van der Waals surface area contributed by atoms with Gasteiger partial charge in [0.05, 0.1) is 17.1 Å². The Balaban J connectivity index is 2.07. The van der Waals surface area contributed by atoms with Crippen LogP contribution in [0.15, 0.2) is 59.5 Å². The van der Waals surface area contributed by atoms with Crippen LogP contribution < -0.4 is 5.32 Å². The van der Waals surface area contributed by atoms with E-state index < -0.39 is 32.9 Å². The highest BCUT2D eigenvalue weighted by Crippen LogP contribution is 2.16. The molecule has 174 valence electrons. The largest absolute Gasteiger partial charge is 0.744 e. The highest BCUT2D eigenvalue weighted by Gasteiger charge is 2.25. The molecule has 0 aliphatic carbocycles. The number of hydrogen-bond donors (Lipinski definition) is 1. The number of rotatable bonds is 13. The third kappa shape index (κ3) is 8.43. The minimum Gasteiger partial charge on any atom is -0.744 e. The SMILES string of the molecule is CCCCCCCCOC(=O)C(Cc1ccccc1)NC(=O)c1ccccc1S(=O)(=O)[O-]. The third-order valence-electron chi connectivity index (χ3n) is 5.02. The number of unbranched alkanes of at least 4 members (excludes halogenated alkanes) is 5. The number of amides is 1. The van der Waals surface area contributed by atoms with Gasteiger partial charge in [-0.1, -0.05) is 81.5 Å². The van der Waals surface area contributed by atoms with Crippen LogP contribution in [0.2, 0.25) is 0 Å². The number of ether oxygens (including phenoxy) is 1. The Kier molecular flexibility index (Phi) is 10.4. The minimum atomic E-state index is -4.85. The zero-order valence-corrected chi connectivity index (χ0v) is 19.1. The third-order valence-corrected chi connectivity index (χ3v) is 5.91. The highest BCUT2D eigenvalue weighted by atomic mass is 32.2. The number of hydrogen-bond acceptors (Lipinski definition) is 6. The first-order valence-corrected chi connectivity index (χ1v) is 12.3. The molecule has 1 amide bonds. The van der Waals surface area contributed by atoms with Gasteiger partial charge < -0.3 is 14.6 Å². The Morgan fingerprint density at radius 3 is 2.25 bits per heavy atom. The summed E-state index contributed by atoms with van der Waals surface area (Å²) in [6, 6.07) is 13.2. The molecule has 0 bridgehead atoms. The number of benzene rings is 2. The molecule has 32 heavy (non-hydrogen) atoms. The van der Waals surface area contributed by atoms with E-state index in [1.165, 1.54) is 24.6 Å². The van der Waals surface area contributed by atoms with Crippen molar-refractivity contribution in [1.82, 2.24) is 5.32 Å². The second kappa shape index (κ2) is 13.0. The number of esters is 1. The zero-order valence-electron chi connectivity index (χ0n) is 18.3. The van der Waals surface area contributed by atoms with E-state index in [9.17, 15) is 22.6 Å². The highest BCUT2D eigenvalue weighted by molar-refractivity contribution is 7.85. The summed E-state index contributed by atoms with van der Waals surface area (Å²) < 4.78 is 39.9. The fourth-order valence-corrected chi connectivity index (χ4v) is 3.98. The van der Waals surface area contributed by atoms with Gasteiger partial charge in [0.1, 0.15) is 16.2 Å². The molecule has 7 nitrogen and oxygen atoms in total. The average molecular weight is 461 g/mol. The van der Waals surface area contributed by atoms with E-state index in [0.29, 0.717) is 0 Å². The molecule has 2 rings (SSSR count). The lowest BCUT2D eigenvalue weighted by atomic mass is 10.1. The van der Waals surface area contributed by atoms with Crippen LogP contribution >= 0.6 is 0 Å². The van der Waals surface area contributed by atoms with Gasteiger partial charge in [-0.05, 0) is 24.1 Å². The van der Waals surface area contributed by atoms with Crippen molar-refractivity contribution in [3.63, 3.8) is 0 Å². The fourth-order valence-electron chi connectivity index (χ4n) is 3.31. The van der Waals surface area contributed by atoms with Gasteiger partial charge in [0.2, 0.25) is 0 Å². The molecule has 1 unspecified atom stereocenters. The molecule has 0 radical (unpaired) electrons. The van der Waals surface area contributed by atoms with Crippen molar-refractivity contribution >= 4 is 22.0 Å². The maximum Gasteiger partial charge on any atom is 0.328 e. The standard InChI is InChI=1S/C24H31NO6S/c1-2-3-4-5-6-12-17-31-24(27)21(18-19-13-8-7-9-14-19)25-23(26)20-15-10-11-16-22(20)32(28,29)30/h7-11,13-16,21H,2-6,12,17-18H2,1H3,(H,25,26)(H,28,29,30)/p-1. The van der Waals surface area contributed by atoms with Crippen molar-refractivity contribution < 1.29 is 27.3 Å². The van der Waals surface area contributed by atoms with Crippen molar-refractivity contribution in [2.24, 2.45) is 0 Å². The van der Waals surface area contributed by atoms with Gasteiger partial charge in [0.25, 0.3) is 5.91 Å². The van der Waals surface area contributed by atoms with Gasteiger partial charge in [-0.2, -0.15) is 0 Å². The van der Waals surface area contributed by atoms with Gasteiger partial charge in [0.15, 0.2) is 0 Å². The summed E-state index contributed by atoms with van der Waals surface area (Å²) in [5, 5.41) is 2.55. The van der Waals surface area contributed by atoms with Crippen LogP contribution in [-0.2, 0) is 26.1 Å². The second-order valence-corrected chi connectivity index (χ2v) is 8.95. The fraction of sp³-hybridized carbons (Fsp3) is 0.417. The molecule has 8 heteroatoms. The predicted molar refractivity (Wildman–Crippen MR) is 120 cm³/mol. The quantitative estimate of drug-likeness (QED) is 0.276. The van der Waals surface area contributed by atoms with Crippen molar-refractivity contribution in [2.45, 2.75) is 62.8 Å². The molecule has 0 heterocycles. The molecular formula is C24H30NO6S-. The minimum absolute atomic E-state index is 0.175. The van der Waals surface area contributed by atoms with Crippen LogP contribution in [0.1, 0.15) is 61.4 Å². The van der Waals surface area contributed by atoms with Crippen molar-refractivity contribution in [1.29, 1.82) is 0 Å². The smallest absolute Gasteiger partial charge is 0.328 e. The second-order valence-electron chi connectivity index (χ2n) is 7.60. The molecule has 1 N–H and O–H groups in total. The van der Waals surface area contributed by atoms with Gasteiger partial charge in [0, 0.05) is 6.42 Å². The lowest BCUT2D eigenvalue weighted by Crippen LogP contribution is -2.43. The molecule has 0 aliphatic rings. The number of carbonyl (C=O) groups excluding carboxylic acids is 2. The Morgan fingerprint density at radius 1 is 0.938 bits per heavy atom. The van der Waals surface area contributed by atoms with Crippen LogP contribution in [0, 0.1) is 0 Å². The lowest BCUT2D eigenvalue weighted by molar-refractivity contribution is -0.146. The molecule has 0 aliphatic heterocycles. The van der Waals surface area contributed by atoms with Gasteiger partial charge in [-0.25, -0.2) is 13.2 Å². The summed E-state index contributed by atoms with van der Waals surface area (Å²) in [7, 11) is -4.85. The van der Waals surface area contributed by atoms with E-state index in [1.807, 2.05) is 30.3 Å². The van der Waals surface area contributed by atoms with Crippen molar-refractivity contribution in [3.8, 4) is 0 Å². The van der Waals surface area contributed by atoms with Crippen molar-refractivity contribution in [2.75, 3.05) is 6.61 Å². The number of nitrogens with one attached hydrogen (secondary N) is 1. The van der Waals surface area contributed by atoms with Crippen molar-refractivity contribution in [3.05, 3.63) is 65.7 Å². The molecule has 0 saturated carbocycles. The van der Waals surface area contributed by atoms with Crippen LogP contribution in [0.25, 0.3) is 0 Å². The Labute approximate surface area is 189 Å². The lowest BCUT2D eigenvalue weighted by Gasteiger charge is -2.19. The van der Waals surface area contributed by atoms with E-state index in [2.05, 4.69) is 12.2 Å².